The van der Waals surface area contributed by atoms with Crippen LogP contribution < -0.4 is 0 Å². The number of ether oxygens (including phenoxy) is 1. The highest BCUT2D eigenvalue weighted by Gasteiger charge is 2.29. The van der Waals surface area contributed by atoms with Gasteiger partial charge in [0.15, 0.2) is 6.10 Å². The van der Waals surface area contributed by atoms with Gasteiger partial charge in [0.25, 0.3) is 0 Å². The summed E-state index contributed by atoms with van der Waals surface area (Å²) in [6, 6.07) is 19.2. The van der Waals surface area contributed by atoms with Gasteiger partial charge in [-0.15, -0.1) is 11.3 Å². The molecule has 4 nitrogen and oxygen atoms in total. The van der Waals surface area contributed by atoms with E-state index in [2.05, 4.69) is 19.1 Å². The Morgan fingerprint density at radius 3 is 2.59 bits per heavy atom. The van der Waals surface area contributed by atoms with Crippen LogP contribution >= 0.6 is 11.3 Å². The maximum atomic E-state index is 13.5. The summed E-state index contributed by atoms with van der Waals surface area (Å²) in [4.78, 5) is 32.5. The molecule has 0 fully saturated rings. The Kier molecular flexibility index (Phi) is 6.12. The average Bonchev–Trinajstić information content (AvgIpc) is 3.52. The molecule has 1 aliphatic rings. The number of hydrogen-bond acceptors (Lipinski definition) is 5. The van der Waals surface area contributed by atoms with E-state index in [-0.39, 0.29) is 5.78 Å². The molecule has 0 aliphatic heterocycles. The zero-order valence-electron chi connectivity index (χ0n) is 19.2. The highest BCUT2D eigenvalue weighted by molar-refractivity contribution is 7.10. The molecule has 0 saturated carbocycles. The van der Waals surface area contributed by atoms with Crippen LogP contribution in [-0.2, 0) is 17.6 Å². The summed E-state index contributed by atoms with van der Waals surface area (Å²) in [6.07, 6.45) is 3.71. The van der Waals surface area contributed by atoms with Gasteiger partial charge in [0, 0.05) is 15.8 Å². The molecule has 0 amide bonds. The number of fused-ring (bicyclic) bond motifs is 2. The Morgan fingerprint density at radius 1 is 1.06 bits per heavy atom. The van der Waals surface area contributed by atoms with Gasteiger partial charge in [-0.25, -0.2) is 9.78 Å². The molecule has 4 aromatic rings. The SMILES string of the molecule is CCc1ccc(C(=O)C(C)OC(=O)c2c3c(nc4ccccc24)C(=Cc2cccs2)CC3)cc1. The maximum absolute atomic E-state index is 13.5. The number of thiophene rings is 1. The first-order chi connectivity index (χ1) is 16.5. The first kappa shape index (κ1) is 22.2. The van der Waals surface area contributed by atoms with Gasteiger partial charge >= 0.3 is 5.97 Å². The predicted molar refractivity (Wildman–Crippen MR) is 137 cm³/mol. The summed E-state index contributed by atoms with van der Waals surface area (Å²) >= 11 is 1.68. The number of hydrogen-bond donors (Lipinski definition) is 0. The van der Waals surface area contributed by atoms with Crippen LogP contribution in [0.1, 0.15) is 62.7 Å². The van der Waals surface area contributed by atoms with E-state index in [0.29, 0.717) is 11.1 Å². The molecule has 0 radical (unpaired) electrons. The largest absolute Gasteiger partial charge is 0.451 e. The first-order valence-electron chi connectivity index (χ1n) is 11.6. The lowest BCUT2D eigenvalue weighted by atomic mass is 10.0. The molecular formula is C29H25NO3S. The van der Waals surface area contributed by atoms with Crippen molar-refractivity contribution in [2.75, 3.05) is 0 Å². The number of para-hydroxylation sites is 1. The Morgan fingerprint density at radius 2 is 1.85 bits per heavy atom. The molecule has 2 aromatic heterocycles. The second-order valence-corrected chi connectivity index (χ2v) is 9.46. The molecule has 1 atom stereocenters. The third-order valence-corrected chi connectivity index (χ3v) is 7.12. The van der Waals surface area contributed by atoms with E-state index in [0.717, 1.165) is 57.4 Å². The fourth-order valence-corrected chi connectivity index (χ4v) is 5.15. The third-order valence-electron chi connectivity index (χ3n) is 6.31. The lowest BCUT2D eigenvalue weighted by molar-refractivity contribution is 0.0319. The van der Waals surface area contributed by atoms with Crippen molar-refractivity contribution in [3.8, 4) is 0 Å². The van der Waals surface area contributed by atoms with Crippen molar-refractivity contribution in [1.29, 1.82) is 0 Å². The van der Waals surface area contributed by atoms with Crippen LogP contribution in [0.2, 0.25) is 0 Å². The standard InChI is InChI=1S/C29H25NO3S/c1-3-19-10-12-20(13-11-19)28(31)18(2)33-29(32)26-23-8-4-5-9-25(23)30-27-21(14-15-24(26)27)17-22-7-6-16-34-22/h4-13,16-18H,3,14-15H2,1-2H3. The van der Waals surface area contributed by atoms with Gasteiger partial charge < -0.3 is 4.74 Å². The molecule has 0 spiro atoms. The van der Waals surface area contributed by atoms with Crippen LogP contribution in [0.15, 0.2) is 66.0 Å². The summed E-state index contributed by atoms with van der Waals surface area (Å²) in [6.45, 7) is 3.71. The van der Waals surface area contributed by atoms with Crippen molar-refractivity contribution in [2.45, 2.75) is 39.2 Å². The van der Waals surface area contributed by atoms with Crippen LogP contribution in [-0.4, -0.2) is 22.8 Å². The molecule has 1 aliphatic carbocycles. The average molecular weight is 468 g/mol. The topological polar surface area (TPSA) is 56.3 Å². The summed E-state index contributed by atoms with van der Waals surface area (Å²) in [5.41, 5.74) is 5.86. The summed E-state index contributed by atoms with van der Waals surface area (Å²) in [5, 5.41) is 2.81. The van der Waals surface area contributed by atoms with E-state index in [1.54, 1.807) is 30.4 Å². The number of ketones is 1. The number of carbonyl (C=O) groups is 2. The zero-order valence-corrected chi connectivity index (χ0v) is 20.0. The number of nitrogens with zero attached hydrogens (tertiary/aromatic N) is 1. The molecule has 34 heavy (non-hydrogen) atoms. The fourth-order valence-electron chi connectivity index (χ4n) is 4.47. The lowest BCUT2D eigenvalue weighted by Crippen LogP contribution is -2.25. The molecule has 2 aromatic carbocycles. The van der Waals surface area contributed by atoms with Gasteiger partial charge in [-0.2, -0.15) is 0 Å². The molecule has 0 bridgehead atoms. The smallest absolute Gasteiger partial charge is 0.339 e. The molecule has 0 saturated heterocycles. The van der Waals surface area contributed by atoms with E-state index >= 15 is 0 Å². The minimum absolute atomic E-state index is 0.204. The minimum Gasteiger partial charge on any atom is -0.451 e. The minimum atomic E-state index is -0.884. The highest BCUT2D eigenvalue weighted by atomic mass is 32.1. The van der Waals surface area contributed by atoms with Crippen LogP contribution in [0, 0.1) is 0 Å². The van der Waals surface area contributed by atoms with Crippen molar-refractivity contribution in [1.82, 2.24) is 4.98 Å². The van der Waals surface area contributed by atoms with E-state index in [4.69, 9.17) is 9.72 Å². The van der Waals surface area contributed by atoms with E-state index in [1.807, 2.05) is 47.8 Å². The van der Waals surface area contributed by atoms with Gasteiger partial charge in [0.2, 0.25) is 5.78 Å². The van der Waals surface area contributed by atoms with Crippen molar-refractivity contribution < 1.29 is 14.3 Å². The monoisotopic (exact) mass is 467 g/mol. The number of pyridine rings is 1. The van der Waals surface area contributed by atoms with Gasteiger partial charge in [-0.05, 0) is 66.5 Å². The molecule has 2 heterocycles. The number of aromatic nitrogens is 1. The second-order valence-electron chi connectivity index (χ2n) is 8.48. The predicted octanol–water partition coefficient (Wildman–Crippen LogP) is 6.77. The van der Waals surface area contributed by atoms with Gasteiger partial charge in [0.05, 0.1) is 16.8 Å². The number of benzene rings is 2. The van der Waals surface area contributed by atoms with Crippen molar-refractivity contribution in [3.05, 3.63) is 98.9 Å². The number of esters is 1. The molecular weight excluding hydrogens is 442 g/mol. The second kappa shape index (κ2) is 9.35. The highest BCUT2D eigenvalue weighted by Crippen LogP contribution is 2.38. The summed E-state index contributed by atoms with van der Waals surface area (Å²) in [5.74, 6) is -0.678. The number of allylic oxidation sites excluding steroid dienone is 1. The molecule has 5 heteroatoms. The molecule has 170 valence electrons. The van der Waals surface area contributed by atoms with E-state index < -0.39 is 12.1 Å². The Hall–Kier alpha value is -3.57. The fraction of sp³-hybridized carbons (Fsp3) is 0.207. The first-order valence-corrected chi connectivity index (χ1v) is 12.4. The van der Waals surface area contributed by atoms with Crippen LogP contribution in [0.4, 0.5) is 0 Å². The Balaban J connectivity index is 1.49. The number of Topliss-reactive ketones (excluding diaryl/α,β-unsaturated/α-hetero) is 1. The quantitative estimate of drug-likeness (QED) is 0.232. The van der Waals surface area contributed by atoms with Crippen LogP contribution in [0.5, 0.6) is 0 Å². The number of aryl methyl sites for hydroxylation is 1. The lowest BCUT2D eigenvalue weighted by Gasteiger charge is -2.16. The summed E-state index contributed by atoms with van der Waals surface area (Å²) < 4.78 is 5.75. The summed E-state index contributed by atoms with van der Waals surface area (Å²) in [7, 11) is 0. The molecule has 5 rings (SSSR count). The normalized spacial score (nSPS) is 14.8. The Labute approximate surface area is 202 Å². The number of rotatable bonds is 6. The van der Waals surface area contributed by atoms with E-state index in [1.165, 1.54) is 0 Å². The Bertz CT molecular complexity index is 1400. The third kappa shape index (κ3) is 4.19. The maximum Gasteiger partial charge on any atom is 0.339 e. The van der Waals surface area contributed by atoms with Crippen molar-refractivity contribution in [2.24, 2.45) is 0 Å². The van der Waals surface area contributed by atoms with Crippen LogP contribution in [0.3, 0.4) is 0 Å². The van der Waals surface area contributed by atoms with Gasteiger partial charge in [0.1, 0.15) is 0 Å². The van der Waals surface area contributed by atoms with Gasteiger partial charge in [-0.3, -0.25) is 4.79 Å². The zero-order chi connectivity index (χ0) is 23.7. The van der Waals surface area contributed by atoms with Crippen molar-refractivity contribution >= 4 is 45.6 Å². The molecule has 1 unspecified atom stereocenters. The van der Waals surface area contributed by atoms with Crippen molar-refractivity contribution in [3.63, 3.8) is 0 Å². The van der Waals surface area contributed by atoms with Crippen LogP contribution in [0.25, 0.3) is 22.6 Å². The van der Waals surface area contributed by atoms with Gasteiger partial charge in [-0.1, -0.05) is 55.5 Å². The van der Waals surface area contributed by atoms with E-state index in [9.17, 15) is 9.59 Å². The molecule has 0 N–H and O–H groups in total. The number of carbonyl (C=O) groups excluding carboxylic acids is 2.